The quantitative estimate of drug-likeness (QED) is 0.779. The molecule has 2 fully saturated rings. The number of ether oxygens (including phenoxy) is 2. The van der Waals surface area contributed by atoms with Crippen molar-refractivity contribution in [2.75, 3.05) is 20.3 Å². The summed E-state index contributed by atoms with van der Waals surface area (Å²) >= 11 is 0. The van der Waals surface area contributed by atoms with Gasteiger partial charge in [0.1, 0.15) is 11.8 Å². The highest BCUT2D eigenvalue weighted by atomic mass is 16.5. The zero-order valence-corrected chi connectivity index (χ0v) is 14.9. The van der Waals surface area contributed by atoms with E-state index in [1.54, 1.807) is 12.1 Å². The molecule has 1 aromatic rings. The molecule has 2 aliphatic rings. The first kappa shape index (κ1) is 18.2. The van der Waals surface area contributed by atoms with Crippen LogP contribution in [-0.2, 0) is 9.53 Å². The molecule has 1 atom stereocenters. The van der Waals surface area contributed by atoms with E-state index in [1.165, 1.54) is 24.5 Å². The predicted octanol–water partition coefficient (Wildman–Crippen LogP) is 1.74. The number of nitrogens with two attached hydrogens (primary N) is 1. The summed E-state index contributed by atoms with van der Waals surface area (Å²) < 4.78 is 10.6. The van der Waals surface area contributed by atoms with Crippen molar-refractivity contribution < 1.29 is 23.9 Å². The largest absolute Gasteiger partial charge is 0.493 e. The van der Waals surface area contributed by atoms with E-state index in [4.69, 9.17) is 15.2 Å². The Kier molecular flexibility index (Phi) is 5.44. The molecule has 1 unspecified atom stereocenters. The van der Waals surface area contributed by atoms with E-state index in [2.05, 4.69) is 0 Å². The molecule has 7 heteroatoms. The Labute approximate surface area is 152 Å². The molecular weight excluding hydrogens is 336 g/mol. The fourth-order valence-electron chi connectivity index (χ4n) is 3.39. The molecule has 7 nitrogen and oxygen atoms in total. The smallest absolute Gasteiger partial charge is 0.338 e. The van der Waals surface area contributed by atoms with Gasteiger partial charge in [0.15, 0.2) is 0 Å². The number of hydrogen-bond donors (Lipinski definition) is 1. The van der Waals surface area contributed by atoms with Crippen molar-refractivity contribution in [2.45, 2.75) is 38.1 Å². The van der Waals surface area contributed by atoms with Gasteiger partial charge in [-0.25, -0.2) is 4.79 Å². The number of esters is 1. The van der Waals surface area contributed by atoms with Crippen LogP contribution in [0.1, 0.15) is 52.8 Å². The van der Waals surface area contributed by atoms with Crippen LogP contribution in [0.25, 0.3) is 0 Å². The van der Waals surface area contributed by atoms with Crippen LogP contribution < -0.4 is 10.5 Å². The Morgan fingerprint density at radius 1 is 1.12 bits per heavy atom. The first-order chi connectivity index (χ1) is 12.5. The van der Waals surface area contributed by atoms with Gasteiger partial charge in [-0.05, 0) is 49.8 Å². The fraction of sp³-hybridized carbons (Fsp3) is 0.526. The van der Waals surface area contributed by atoms with Gasteiger partial charge in [0.25, 0.3) is 5.91 Å². The maximum Gasteiger partial charge on any atom is 0.338 e. The van der Waals surface area contributed by atoms with Gasteiger partial charge in [0, 0.05) is 12.1 Å². The molecule has 1 aromatic carbocycles. The van der Waals surface area contributed by atoms with Crippen molar-refractivity contribution in [2.24, 2.45) is 11.7 Å². The summed E-state index contributed by atoms with van der Waals surface area (Å²) in [5.74, 6) is -0.403. The van der Waals surface area contributed by atoms with Crippen molar-refractivity contribution >= 4 is 17.8 Å². The number of methoxy groups -OCH3 is 1. The highest BCUT2D eigenvalue weighted by Crippen LogP contribution is 2.28. The van der Waals surface area contributed by atoms with Crippen LogP contribution in [0.15, 0.2) is 18.2 Å². The lowest BCUT2D eigenvalue weighted by Gasteiger charge is -2.25. The van der Waals surface area contributed by atoms with Gasteiger partial charge in [-0.15, -0.1) is 0 Å². The van der Waals surface area contributed by atoms with Crippen molar-refractivity contribution in [1.29, 1.82) is 0 Å². The standard InChI is InChI=1S/C19H24N2O5/c1-25-19(24)14-8-13(9-15(10-14)26-11-12-4-2-5-12)18(23)21-7-3-6-16(21)17(20)22/h8-10,12,16H,2-7,11H2,1H3,(H2,20,22). The average molecular weight is 360 g/mol. The molecule has 1 heterocycles. The van der Waals surface area contributed by atoms with E-state index < -0.39 is 17.9 Å². The van der Waals surface area contributed by atoms with E-state index in [0.29, 0.717) is 36.8 Å². The Morgan fingerprint density at radius 2 is 1.85 bits per heavy atom. The van der Waals surface area contributed by atoms with E-state index in [9.17, 15) is 14.4 Å². The van der Waals surface area contributed by atoms with Crippen LogP contribution in [0.3, 0.4) is 0 Å². The van der Waals surface area contributed by atoms with Gasteiger partial charge in [0.2, 0.25) is 5.91 Å². The zero-order valence-electron chi connectivity index (χ0n) is 14.9. The molecule has 2 N–H and O–H groups in total. The Balaban J connectivity index is 1.84. The maximum atomic E-state index is 12.9. The lowest BCUT2D eigenvalue weighted by molar-refractivity contribution is -0.121. The highest BCUT2D eigenvalue weighted by Gasteiger charge is 2.33. The van der Waals surface area contributed by atoms with Crippen LogP contribution in [0.5, 0.6) is 5.75 Å². The first-order valence-corrected chi connectivity index (χ1v) is 8.96. The molecule has 0 aromatic heterocycles. The summed E-state index contributed by atoms with van der Waals surface area (Å²) in [6.07, 6.45) is 4.76. The minimum atomic E-state index is -0.608. The third-order valence-electron chi connectivity index (χ3n) is 5.13. The summed E-state index contributed by atoms with van der Waals surface area (Å²) in [5, 5.41) is 0. The lowest BCUT2D eigenvalue weighted by Crippen LogP contribution is -2.43. The molecular formula is C19H24N2O5. The number of amides is 2. The molecule has 1 aliphatic carbocycles. The average Bonchev–Trinajstić information content (AvgIpc) is 3.08. The Bertz CT molecular complexity index is 714. The van der Waals surface area contributed by atoms with Gasteiger partial charge in [-0.1, -0.05) is 6.42 Å². The molecule has 2 amide bonds. The summed E-state index contributed by atoms with van der Waals surface area (Å²) in [6, 6.07) is 4.06. The minimum absolute atomic E-state index is 0.247. The summed E-state index contributed by atoms with van der Waals surface area (Å²) in [5.41, 5.74) is 5.95. The Morgan fingerprint density at radius 3 is 2.46 bits per heavy atom. The van der Waals surface area contributed by atoms with Crippen molar-refractivity contribution in [3.05, 3.63) is 29.3 Å². The molecule has 140 valence electrons. The van der Waals surface area contributed by atoms with Gasteiger partial charge in [-0.3, -0.25) is 9.59 Å². The van der Waals surface area contributed by atoms with Gasteiger partial charge < -0.3 is 20.1 Å². The number of carbonyl (C=O) groups excluding carboxylic acids is 3. The maximum absolute atomic E-state index is 12.9. The van der Waals surface area contributed by atoms with Crippen LogP contribution in [0, 0.1) is 5.92 Å². The minimum Gasteiger partial charge on any atom is -0.493 e. The highest BCUT2D eigenvalue weighted by molar-refractivity contribution is 6.00. The third kappa shape index (κ3) is 3.81. The second-order valence-corrected chi connectivity index (χ2v) is 6.90. The first-order valence-electron chi connectivity index (χ1n) is 8.96. The van der Waals surface area contributed by atoms with Gasteiger partial charge >= 0.3 is 5.97 Å². The Hall–Kier alpha value is -2.57. The number of rotatable bonds is 6. The summed E-state index contributed by atoms with van der Waals surface area (Å²) in [4.78, 5) is 37.9. The van der Waals surface area contributed by atoms with Crippen molar-refractivity contribution in [1.82, 2.24) is 4.90 Å². The third-order valence-corrected chi connectivity index (χ3v) is 5.13. The monoisotopic (exact) mass is 360 g/mol. The van der Waals surface area contributed by atoms with Crippen LogP contribution in [0.4, 0.5) is 0 Å². The normalized spacial score (nSPS) is 19.7. The number of carbonyl (C=O) groups is 3. The van der Waals surface area contributed by atoms with Crippen LogP contribution in [0.2, 0.25) is 0 Å². The van der Waals surface area contributed by atoms with Crippen molar-refractivity contribution in [3.8, 4) is 5.75 Å². The summed E-state index contributed by atoms with van der Waals surface area (Å²) in [7, 11) is 1.29. The lowest BCUT2D eigenvalue weighted by atomic mass is 9.86. The molecule has 1 saturated heterocycles. The molecule has 1 saturated carbocycles. The van der Waals surface area contributed by atoms with E-state index in [-0.39, 0.29) is 11.5 Å². The van der Waals surface area contributed by atoms with E-state index in [1.807, 2.05) is 0 Å². The number of hydrogen-bond acceptors (Lipinski definition) is 5. The second-order valence-electron chi connectivity index (χ2n) is 6.90. The number of benzene rings is 1. The van der Waals surface area contributed by atoms with Gasteiger partial charge in [0.05, 0.1) is 19.3 Å². The number of nitrogens with zero attached hydrogens (tertiary/aromatic N) is 1. The molecule has 0 radical (unpaired) electrons. The molecule has 0 bridgehead atoms. The fourth-order valence-corrected chi connectivity index (χ4v) is 3.39. The second kappa shape index (κ2) is 7.76. The molecule has 0 spiro atoms. The number of likely N-dealkylation sites (tertiary alicyclic amines) is 1. The molecule has 3 rings (SSSR count). The topological polar surface area (TPSA) is 98.9 Å². The summed E-state index contributed by atoms with van der Waals surface area (Å²) in [6.45, 7) is 1.03. The van der Waals surface area contributed by atoms with Crippen molar-refractivity contribution in [3.63, 3.8) is 0 Å². The number of primary amides is 1. The van der Waals surface area contributed by atoms with Crippen LogP contribution in [-0.4, -0.2) is 49.0 Å². The van der Waals surface area contributed by atoms with E-state index in [0.717, 1.165) is 19.3 Å². The predicted molar refractivity (Wildman–Crippen MR) is 93.9 cm³/mol. The van der Waals surface area contributed by atoms with E-state index >= 15 is 0 Å². The SMILES string of the molecule is COC(=O)c1cc(OCC2CCC2)cc(C(=O)N2CCCC2C(N)=O)c1. The van der Waals surface area contributed by atoms with Crippen LogP contribution >= 0.6 is 0 Å². The zero-order chi connectivity index (χ0) is 18.7. The molecule has 26 heavy (non-hydrogen) atoms. The molecule has 1 aliphatic heterocycles. The van der Waals surface area contributed by atoms with Gasteiger partial charge in [-0.2, -0.15) is 0 Å².